The van der Waals surface area contributed by atoms with Gasteiger partial charge in [-0.1, -0.05) is 49.4 Å². The number of rotatable bonds is 11. The lowest BCUT2D eigenvalue weighted by Gasteiger charge is -2.22. The van der Waals surface area contributed by atoms with Crippen molar-refractivity contribution in [2.24, 2.45) is 5.14 Å². The number of thiazole rings is 1. The minimum Gasteiger partial charge on any atom is -0.453 e. The van der Waals surface area contributed by atoms with Gasteiger partial charge in [0.15, 0.2) is 0 Å². The molecule has 2 unspecified atom stereocenters. The molecule has 0 aliphatic carbocycles. The quantitative estimate of drug-likeness (QED) is 0.344. The maximum atomic E-state index is 13.4. The molecule has 0 aliphatic heterocycles. The van der Waals surface area contributed by atoms with Gasteiger partial charge in [-0.25, -0.2) is 9.78 Å². The van der Waals surface area contributed by atoms with Gasteiger partial charge >= 0.3 is 16.4 Å². The molecule has 2 amide bonds. The molecule has 3 rings (SSSR count). The lowest BCUT2D eigenvalue weighted by atomic mass is 10.0. The molecule has 3 aromatic rings. The van der Waals surface area contributed by atoms with Gasteiger partial charge < -0.3 is 19.6 Å². The Kier molecular flexibility index (Phi) is 9.39. The van der Waals surface area contributed by atoms with Gasteiger partial charge in [-0.2, -0.15) is 13.6 Å². The van der Waals surface area contributed by atoms with Gasteiger partial charge in [0.2, 0.25) is 5.91 Å². The van der Waals surface area contributed by atoms with Gasteiger partial charge in [0.25, 0.3) is 0 Å². The Hall–Kier alpha value is -3.48. The van der Waals surface area contributed by atoms with Crippen molar-refractivity contribution in [3.63, 3.8) is 0 Å². The number of nitrogens with zero attached hydrogens (tertiary/aromatic N) is 1. The first-order chi connectivity index (χ1) is 17.2. The van der Waals surface area contributed by atoms with Gasteiger partial charge in [-0.15, -0.1) is 11.3 Å². The highest BCUT2D eigenvalue weighted by Crippen LogP contribution is 2.24. The fourth-order valence-corrected chi connectivity index (χ4v) is 4.76. The normalized spacial score (nSPS) is 12.9. The topological polar surface area (TPSA) is 150 Å². The number of ether oxygens (including phenoxy) is 1. The fourth-order valence-electron chi connectivity index (χ4n) is 3.43. The number of amides is 2. The lowest BCUT2D eigenvalue weighted by molar-refractivity contribution is -0.123. The minimum atomic E-state index is -4.13. The highest BCUT2D eigenvalue weighted by atomic mass is 32.2. The van der Waals surface area contributed by atoms with Crippen LogP contribution in [0.5, 0.6) is 5.75 Å². The van der Waals surface area contributed by atoms with Gasteiger partial charge in [0.05, 0.1) is 18.8 Å². The molecule has 10 nitrogen and oxygen atoms in total. The number of aromatic nitrogens is 1. The van der Waals surface area contributed by atoms with Crippen molar-refractivity contribution in [1.82, 2.24) is 15.6 Å². The summed E-state index contributed by atoms with van der Waals surface area (Å²) in [7, 11) is -2.89. The third kappa shape index (κ3) is 8.33. The van der Waals surface area contributed by atoms with Crippen LogP contribution in [0.25, 0.3) is 0 Å². The summed E-state index contributed by atoms with van der Waals surface area (Å²) in [5.74, 6) is -0.314. The van der Waals surface area contributed by atoms with Crippen molar-refractivity contribution < 1.29 is 26.9 Å². The fraction of sp³-hybridized carbons (Fsp3) is 0.292. The van der Waals surface area contributed by atoms with Crippen LogP contribution in [0.4, 0.5) is 4.79 Å². The summed E-state index contributed by atoms with van der Waals surface area (Å²) in [5.41, 5.74) is 2.58. The number of carbonyl (C=O) groups excluding carboxylic acids is 2. The van der Waals surface area contributed by atoms with E-state index >= 15 is 0 Å². The summed E-state index contributed by atoms with van der Waals surface area (Å²) in [4.78, 5) is 29.9. The van der Waals surface area contributed by atoms with Crippen LogP contribution < -0.4 is 20.0 Å². The molecule has 0 bridgehead atoms. The van der Waals surface area contributed by atoms with Gasteiger partial charge in [-0.05, 0) is 36.1 Å². The molecule has 0 saturated carbocycles. The van der Waals surface area contributed by atoms with E-state index in [0.29, 0.717) is 11.4 Å². The van der Waals surface area contributed by atoms with Crippen LogP contribution >= 0.6 is 11.3 Å². The molecule has 0 spiro atoms. The summed E-state index contributed by atoms with van der Waals surface area (Å²) < 4.78 is 31.7. The zero-order chi connectivity index (χ0) is 26.1. The number of hydrogen-bond acceptors (Lipinski definition) is 8. The molecule has 0 saturated heterocycles. The third-order valence-electron chi connectivity index (χ3n) is 5.20. The van der Waals surface area contributed by atoms with Crippen LogP contribution in [-0.2, 0) is 39.1 Å². The molecule has 0 fully saturated rings. The van der Waals surface area contributed by atoms with Gasteiger partial charge in [-0.3, -0.25) is 4.79 Å². The van der Waals surface area contributed by atoms with Gasteiger partial charge in [0, 0.05) is 11.8 Å². The summed E-state index contributed by atoms with van der Waals surface area (Å²) in [5, 5.41) is 13.2. The summed E-state index contributed by atoms with van der Waals surface area (Å²) in [6.45, 7) is 1.99. The predicted octanol–water partition coefficient (Wildman–Crippen LogP) is 2.66. The van der Waals surface area contributed by atoms with E-state index < -0.39 is 34.4 Å². The van der Waals surface area contributed by atoms with E-state index in [1.54, 1.807) is 12.1 Å². The second-order valence-electron chi connectivity index (χ2n) is 7.89. The first kappa shape index (κ1) is 27.1. The van der Waals surface area contributed by atoms with Crippen LogP contribution in [0.15, 0.2) is 60.0 Å². The second-order valence-corrected chi connectivity index (χ2v) is 9.94. The van der Waals surface area contributed by atoms with Crippen molar-refractivity contribution >= 4 is 33.6 Å². The average molecular weight is 533 g/mol. The predicted molar refractivity (Wildman–Crippen MR) is 136 cm³/mol. The molecule has 2 aromatic carbocycles. The molecular weight excluding hydrogens is 504 g/mol. The average Bonchev–Trinajstić information content (AvgIpc) is 3.33. The highest BCUT2D eigenvalue weighted by Gasteiger charge is 2.26. The Balaban J connectivity index is 1.82. The number of aryl methyl sites for hydroxylation is 1. The van der Waals surface area contributed by atoms with Crippen molar-refractivity contribution in [1.29, 1.82) is 0 Å². The smallest absolute Gasteiger partial charge is 0.407 e. The SMILES string of the molecule is CCc1csc(C(Cc2ccc(OS(N)(=O)=O)cc2)NC(=O)C(Cc2ccccc2)NC(=O)OC)n1. The largest absolute Gasteiger partial charge is 0.453 e. The molecule has 192 valence electrons. The van der Waals surface area contributed by atoms with E-state index in [2.05, 4.69) is 19.8 Å². The molecule has 2 atom stereocenters. The number of benzene rings is 2. The molecule has 0 radical (unpaired) electrons. The van der Waals surface area contributed by atoms with E-state index in [-0.39, 0.29) is 12.2 Å². The van der Waals surface area contributed by atoms with Crippen molar-refractivity contribution in [3.05, 3.63) is 81.8 Å². The van der Waals surface area contributed by atoms with Crippen molar-refractivity contribution in [3.8, 4) is 5.75 Å². The van der Waals surface area contributed by atoms with E-state index in [4.69, 9.17) is 9.88 Å². The molecule has 36 heavy (non-hydrogen) atoms. The number of methoxy groups -OCH3 is 1. The minimum absolute atomic E-state index is 0.0783. The van der Waals surface area contributed by atoms with Crippen molar-refractivity contribution in [2.45, 2.75) is 38.3 Å². The van der Waals surface area contributed by atoms with Crippen LogP contribution in [0.2, 0.25) is 0 Å². The zero-order valence-corrected chi connectivity index (χ0v) is 21.5. The standard InChI is InChI=1S/C24H28N4O6S2/c1-3-18-15-35-23(26-18)21(14-17-9-11-19(12-10-17)34-36(25,31)32)27-22(29)20(28-24(30)33-2)13-16-7-5-4-6-8-16/h4-12,15,20-21H,3,13-14H2,1-2H3,(H,27,29)(H,28,30)(H2,25,31,32). The van der Waals surface area contributed by atoms with Crippen LogP contribution in [0.3, 0.4) is 0 Å². The Labute approximate surface area is 214 Å². The molecule has 1 aromatic heterocycles. The number of nitrogens with one attached hydrogen (secondary N) is 2. The molecule has 4 N–H and O–H groups in total. The van der Waals surface area contributed by atoms with Crippen LogP contribution in [0.1, 0.15) is 34.8 Å². The molecule has 12 heteroatoms. The van der Waals surface area contributed by atoms with E-state index in [1.165, 1.54) is 30.6 Å². The Morgan fingerprint density at radius 3 is 2.28 bits per heavy atom. The number of nitrogens with two attached hydrogens (primary N) is 1. The zero-order valence-electron chi connectivity index (χ0n) is 19.8. The Bertz CT molecular complexity index is 1260. The monoisotopic (exact) mass is 532 g/mol. The number of alkyl carbamates (subject to hydrolysis) is 1. The Morgan fingerprint density at radius 2 is 1.69 bits per heavy atom. The number of carbonyl (C=O) groups is 2. The van der Waals surface area contributed by atoms with E-state index in [9.17, 15) is 18.0 Å². The Morgan fingerprint density at radius 1 is 1.03 bits per heavy atom. The van der Waals surface area contributed by atoms with Crippen molar-refractivity contribution in [2.75, 3.05) is 7.11 Å². The first-order valence-corrected chi connectivity index (χ1v) is 13.5. The maximum absolute atomic E-state index is 13.4. The summed E-state index contributed by atoms with van der Waals surface area (Å²) in [6.07, 6.45) is 0.674. The summed E-state index contributed by atoms with van der Waals surface area (Å²) in [6, 6.07) is 14.3. The first-order valence-electron chi connectivity index (χ1n) is 11.1. The van der Waals surface area contributed by atoms with E-state index in [0.717, 1.165) is 23.2 Å². The molecule has 0 aliphatic rings. The third-order valence-corrected chi connectivity index (χ3v) is 6.63. The van der Waals surface area contributed by atoms with E-state index in [1.807, 2.05) is 42.6 Å². The molecular formula is C24H28N4O6S2. The number of hydrogen-bond donors (Lipinski definition) is 3. The van der Waals surface area contributed by atoms with Crippen LogP contribution in [-0.4, -0.2) is 38.6 Å². The van der Waals surface area contributed by atoms with Crippen LogP contribution in [0, 0.1) is 0 Å². The highest BCUT2D eigenvalue weighted by molar-refractivity contribution is 7.84. The lowest BCUT2D eigenvalue weighted by Crippen LogP contribution is -2.49. The van der Waals surface area contributed by atoms with Gasteiger partial charge in [0.1, 0.15) is 16.8 Å². The summed E-state index contributed by atoms with van der Waals surface area (Å²) >= 11 is 1.43. The second kappa shape index (κ2) is 12.5. The molecule has 1 heterocycles. The maximum Gasteiger partial charge on any atom is 0.407 e.